The summed E-state index contributed by atoms with van der Waals surface area (Å²) in [6.07, 6.45) is -4.89. The number of nitrogens with zero attached hydrogens (tertiary/aromatic N) is 2. The third kappa shape index (κ3) is 27.2. The third-order valence-electron chi connectivity index (χ3n) is 24.4. The van der Waals surface area contributed by atoms with Crippen LogP contribution in [0.1, 0.15) is 172 Å². The van der Waals surface area contributed by atoms with E-state index in [-0.39, 0.29) is 118 Å². The Morgan fingerprint density at radius 3 is 1.04 bits per heavy atom. The van der Waals surface area contributed by atoms with Gasteiger partial charge in [-0.25, -0.2) is 19.2 Å². The summed E-state index contributed by atoms with van der Waals surface area (Å²) < 4.78 is 65.4. The van der Waals surface area contributed by atoms with Crippen LogP contribution >= 0.6 is 47.8 Å². The number of rotatable bonds is 22. The number of aromatic nitrogens is 8. The van der Waals surface area contributed by atoms with Crippen LogP contribution in [0.2, 0.25) is 36.3 Å². The second-order valence-corrected chi connectivity index (χ2v) is 46.3. The van der Waals surface area contributed by atoms with Gasteiger partial charge in [-0.2, -0.15) is 0 Å². The number of nitrogens with one attached hydrogen (secondary N) is 6. The van der Waals surface area contributed by atoms with E-state index in [1.54, 1.807) is 0 Å². The molecule has 0 saturated carbocycles. The summed E-state index contributed by atoms with van der Waals surface area (Å²) >= 11 is 8.32. The number of aromatic amines is 6. The molecule has 4 aromatic carbocycles. The molecular formula is C90H122Br3FFm2N8O28Si2. The molecular weight excluding hydrogens is 2470 g/mol. The summed E-state index contributed by atoms with van der Waals surface area (Å²) in [7, 11) is -5.23. The maximum Gasteiger partial charge on any atom is 0.328 e. The van der Waals surface area contributed by atoms with Gasteiger partial charge in [0.15, 0.2) is 16.6 Å². The van der Waals surface area contributed by atoms with Crippen molar-refractivity contribution in [2.45, 2.75) is 236 Å². The Morgan fingerprint density at radius 2 is 0.761 bits per heavy atom. The van der Waals surface area contributed by atoms with Gasteiger partial charge in [-0.05, 0) is 110 Å². The van der Waals surface area contributed by atoms with E-state index < -0.39 is 167 Å². The van der Waals surface area contributed by atoms with Crippen LogP contribution in [-0.4, -0.2) is 225 Å². The molecule has 8 heterocycles. The van der Waals surface area contributed by atoms with Crippen LogP contribution in [0.15, 0.2) is 160 Å². The van der Waals surface area contributed by atoms with Crippen molar-refractivity contribution in [3.8, 4) is 22.3 Å². The largest absolute Gasteiger partial charge is 0.481 e. The fourth-order valence-corrected chi connectivity index (χ4v) is 18.2. The summed E-state index contributed by atoms with van der Waals surface area (Å²) in [6.45, 7) is 28.6. The zero-order valence-electron chi connectivity index (χ0n) is 76.5. The Labute approximate surface area is 788 Å². The molecule has 0 amide bonds. The quantitative estimate of drug-likeness (QED) is 0.0132. The first kappa shape index (κ1) is 113. The summed E-state index contributed by atoms with van der Waals surface area (Å²) in [4.78, 5) is 155. The van der Waals surface area contributed by atoms with Gasteiger partial charge in [-0.15, -0.1) is 0 Å². The van der Waals surface area contributed by atoms with E-state index in [9.17, 15) is 87.5 Å². The molecule has 36 nitrogen and oxygen atoms in total. The van der Waals surface area contributed by atoms with Gasteiger partial charge in [-0.1, -0.05) is 206 Å². The summed E-state index contributed by atoms with van der Waals surface area (Å²) in [5.41, 5.74) is 4.18. The third-order valence-corrected chi connectivity index (χ3v) is 35.3. The van der Waals surface area contributed by atoms with Crippen molar-refractivity contribution >= 4 is 87.0 Å². The van der Waals surface area contributed by atoms with Crippen molar-refractivity contribution in [3.63, 3.8) is 0 Å². The Kier molecular flexibility index (Phi) is 42.3. The van der Waals surface area contributed by atoms with Gasteiger partial charge < -0.3 is 88.5 Å². The average molecular weight is 2590 g/mol. The predicted molar refractivity (Wildman–Crippen MR) is 506 cm³/mol. The zero-order valence-corrected chi connectivity index (χ0v) is 87.1. The maximum absolute atomic E-state index is 13.1. The number of aliphatic carboxylic acids is 1. The molecule has 4 aromatic heterocycles. The smallest absolute Gasteiger partial charge is 0.328 e. The minimum Gasteiger partial charge on any atom is -0.481 e. The fourth-order valence-electron chi connectivity index (χ4n) is 15.4. The molecule has 0 spiro atoms. The SMILES string of the molecule is C.CC[C@H]1O[C@@H](c2c[nH]c(=O)[nH]c2=O)[C@@H](O[Si](C)(C)C(C)(C)C)C1C.CC[C@H]1O[C@@H](c2cn(CC(=O)OCC3c4ccccc4-c4ccccc43)c(=O)[nH]c2=O)[C@@H](O[Si](C)(C)C(C)(C)C)C1C.O.O=C(Br)CBr.O=C(Cn1cc([C@@H]2O[C@H](CO)C(O)[C@@H]2O)c(=O)[nH]c1=O)OCC1c2ccccc2-c2ccccc21.O=C(O)CBr.O=c1[nH]cc([C@@H]2O[C@H](CO)C(O)[C@@H]2O)c(=O)[nH]1.[2H]CF.[Fm].[Fm]. The predicted octanol–water partition coefficient (Wildman–Crippen LogP) is 8.14. The second kappa shape index (κ2) is 50.0. The van der Waals surface area contributed by atoms with E-state index in [1.165, 1.54) is 17.0 Å². The van der Waals surface area contributed by atoms with E-state index in [0.29, 0.717) is 10.9 Å². The molecule has 44 heteroatoms. The van der Waals surface area contributed by atoms with Crippen molar-refractivity contribution in [2.75, 3.05) is 44.2 Å². The summed E-state index contributed by atoms with van der Waals surface area (Å²) in [5, 5.41) is 65.7. The normalized spacial score (nSPS) is 22.9. The summed E-state index contributed by atoms with van der Waals surface area (Å²) in [5.74, 6) is -2.07. The number of fused-ring (bicyclic) bond motifs is 6. The molecule has 134 heavy (non-hydrogen) atoms. The number of esters is 2. The number of hydrogen-bond acceptors (Lipinski definition) is 26. The number of H-pyrrole nitrogens is 6. The minimum absolute atomic E-state index is 0. The van der Waals surface area contributed by atoms with E-state index in [4.69, 9.17) is 48.9 Å². The van der Waals surface area contributed by atoms with Gasteiger partial charge in [0.05, 0.1) is 73.7 Å². The molecule has 0 radical (unpaired) electrons. The first-order valence-electron chi connectivity index (χ1n) is 42.7. The molecule has 2 aliphatic carbocycles. The second-order valence-electron chi connectivity index (χ2n) is 34.8. The molecule has 16 atom stereocenters. The number of halogens is 4. The van der Waals surface area contributed by atoms with Crippen molar-refractivity contribution in [1.29, 1.82) is 0 Å². The molecule has 0 bridgehead atoms. The molecule has 4 saturated heterocycles. The number of ether oxygens (including phenoxy) is 6. The Bertz CT molecular complexity index is 5670. The number of benzene rings is 4. The van der Waals surface area contributed by atoms with Crippen molar-refractivity contribution in [3.05, 3.63) is 250 Å². The van der Waals surface area contributed by atoms with Crippen LogP contribution in [0.5, 0.6) is 0 Å². The Hall–Kier alpha value is -11.0. The molecule has 4 aliphatic heterocycles. The van der Waals surface area contributed by atoms with Crippen LogP contribution in [0.25, 0.3) is 22.3 Å². The molecule has 8 aromatic rings. The fraction of sp³-hybridized carbons (Fsp3) is 0.511. The first-order chi connectivity index (χ1) is 61.7. The average Bonchev–Trinajstić information content (AvgIpc) is 1.60. The molecule has 4 fully saturated rings. The van der Waals surface area contributed by atoms with E-state index in [1.807, 2.05) is 77.8 Å². The Balaban J connectivity index is 0.000000370. The van der Waals surface area contributed by atoms with E-state index >= 15 is 0 Å². The number of carboxylic acids is 1. The number of aliphatic hydroxyl groups is 6. The van der Waals surface area contributed by atoms with Gasteiger partial charge in [-0.3, -0.25) is 71.8 Å². The number of hydrogen-bond donors (Lipinski definition) is 13. The van der Waals surface area contributed by atoms with Crippen LogP contribution in [0, 0.1) is 11.8 Å². The van der Waals surface area contributed by atoms with Crippen molar-refractivity contribution in [2.24, 2.45) is 11.8 Å². The van der Waals surface area contributed by atoms with Crippen LogP contribution in [0.3, 0.4) is 0 Å². The van der Waals surface area contributed by atoms with Crippen LogP contribution in [0.4, 0.5) is 4.39 Å². The Morgan fingerprint density at radius 1 is 0.485 bits per heavy atom. The van der Waals surface area contributed by atoms with E-state index in [2.05, 4.69) is 192 Å². The molecule has 15 N–H and O–H groups in total. The number of aliphatic hydroxyl groups excluding tert-OH is 6. The molecule has 4 unspecified atom stereocenters. The molecule has 6 aliphatic rings. The van der Waals surface area contributed by atoms with Crippen LogP contribution < -0.4 is 45.0 Å². The number of alkyl halides is 3. The molecule has 14 rings (SSSR count). The maximum atomic E-state index is 13.1. The molecule has 750 valence electrons. The number of carboxylic acid groups (broad SMARTS) is 1. The monoisotopic (exact) mass is 2590 g/mol. The van der Waals surface area contributed by atoms with Crippen molar-refractivity contribution in [1.82, 2.24) is 39.0 Å². The van der Waals surface area contributed by atoms with Crippen LogP contribution in [-0.2, 0) is 69.5 Å². The number of carbonyl (C=O) groups excluding carboxylic acids is 3. The minimum atomic E-state index is -2.21. The topological polar surface area (TPSA) is 556 Å². The first-order valence-corrected chi connectivity index (χ1v) is 50.8. The van der Waals surface area contributed by atoms with Gasteiger partial charge in [0, 0.05) is 48.5 Å². The van der Waals surface area contributed by atoms with Gasteiger partial charge in [0.2, 0.25) is 4.69 Å². The zero-order chi connectivity index (χ0) is 97.2. The number of carbonyl (C=O) groups is 4. The van der Waals surface area contributed by atoms with Gasteiger partial charge in [0.1, 0.15) is 92.7 Å². The van der Waals surface area contributed by atoms with Gasteiger partial charge in [0.25, 0.3) is 22.2 Å². The summed E-state index contributed by atoms with van der Waals surface area (Å²) in [6, 6.07) is 32.0. The van der Waals surface area contributed by atoms with Crippen molar-refractivity contribution < 1.29 is 103 Å². The standard InChI is InChI=1S/C33H42N2O6Si.C25H24N2O8.C17H30N2O4Si.C9H12N2O6.C2H2Br2O.C2H3BrO2.CH3F.CH4.2Fm.H2O/c1-8-27-20(2)29(41-42(6,7)33(3,4)5)30(40-27)25-17-35(32(38)34-31(25)37)18-28(36)39-19-26-23-15-11-9-13-21(23)22-14-10-12-16-24(22)26;28-11-19-21(30)22(31)23(35-19)17-9-27(25(33)26-24(17)32)10-20(29)34-12-18-15-7-3-1-5-13(15)14-6-2-4-8-16(14)18;1-8-12-10(2)13(23-24(6,7)17(3,4)5)14(22-12)11-9-18-16(21)19-15(11)20;12-2-4-5(13)6(14)7(17-4)3-1-10-9(16)11-8(3)15;2*3-1-2(4)5;1-2;;;;/h9-17,20,26-27,29-30H,8,18-19H2,1-7H3,(H,34,37,38);1-9,18-19,21-23,28,30-31H,10-12H2,(H,26,32,33);9-10,12-14H,8H2,1-7H3,(H2,18,19,20,21);1,4-7,12-14H,2H2,(H2,10,11,15,16);1H2;1H2,(H,4,5);1H3;1H4;;;1H2/t20?,27-,29+,30+;19-,21?,22+,23+;10?,12-,13+,14+;4-,5?,6+,7+;;;;;;;/m1111......./s1/i;;;;;;1D;;;;. The van der Waals surface area contributed by atoms with Gasteiger partial charge >= 0.3 is 40.7 Å². The van der Waals surface area contributed by atoms with E-state index in [0.717, 1.165) is 74.3 Å².